The third-order valence-corrected chi connectivity index (χ3v) is 4.40. The number of hydrogen-bond donors (Lipinski definition) is 1. The quantitative estimate of drug-likeness (QED) is 0.821. The molecule has 1 heterocycles. The van der Waals surface area contributed by atoms with Crippen LogP contribution in [0.2, 0.25) is 0 Å². The fourth-order valence-electron chi connectivity index (χ4n) is 1.06. The molecular formula is C10H13Br2NOS. The van der Waals surface area contributed by atoms with Gasteiger partial charge in [0.1, 0.15) is 0 Å². The van der Waals surface area contributed by atoms with E-state index in [1.54, 1.807) is 0 Å². The second-order valence-electron chi connectivity index (χ2n) is 3.58. The van der Waals surface area contributed by atoms with E-state index in [0.29, 0.717) is 5.92 Å². The molecule has 0 aromatic carbocycles. The van der Waals surface area contributed by atoms with Crippen molar-refractivity contribution in [2.45, 2.75) is 19.9 Å². The number of hydrogen-bond acceptors (Lipinski definition) is 2. The number of amides is 1. The molecular weight excluding hydrogens is 342 g/mol. The highest BCUT2D eigenvalue weighted by atomic mass is 79.9. The van der Waals surface area contributed by atoms with Gasteiger partial charge in [0.25, 0.3) is 5.91 Å². The predicted octanol–water partition coefficient (Wildman–Crippen LogP) is 3.66. The van der Waals surface area contributed by atoms with Crippen molar-refractivity contribution in [3.63, 3.8) is 0 Å². The molecule has 5 heteroatoms. The second kappa shape index (κ2) is 6.01. The maximum absolute atomic E-state index is 11.8. The van der Waals surface area contributed by atoms with E-state index in [1.807, 2.05) is 12.1 Å². The van der Waals surface area contributed by atoms with Gasteiger partial charge in [-0.25, -0.2) is 0 Å². The van der Waals surface area contributed by atoms with Crippen LogP contribution in [0.5, 0.6) is 0 Å². The summed E-state index contributed by atoms with van der Waals surface area (Å²) in [4.78, 5) is 12.5. The Morgan fingerprint density at radius 3 is 2.60 bits per heavy atom. The number of rotatable bonds is 4. The summed E-state index contributed by atoms with van der Waals surface area (Å²) in [5, 5.41) is 3.78. The Bertz CT molecular complexity index is 338. The highest BCUT2D eigenvalue weighted by molar-refractivity contribution is 9.11. The molecule has 2 nitrogen and oxygen atoms in total. The molecule has 1 aromatic heterocycles. The SMILES string of the molecule is CC(C)C(CBr)NC(=O)c1ccc(Br)s1. The van der Waals surface area contributed by atoms with E-state index in [4.69, 9.17) is 0 Å². The van der Waals surface area contributed by atoms with Gasteiger partial charge in [-0.15, -0.1) is 11.3 Å². The monoisotopic (exact) mass is 353 g/mol. The highest BCUT2D eigenvalue weighted by Crippen LogP contribution is 2.22. The predicted molar refractivity (Wildman–Crippen MR) is 71.9 cm³/mol. The van der Waals surface area contributed by atoms with E-state index in [-0.39, 0.29) is 11.9 Å². The first-order valence-electron chi connectivity index (χ1n) is 4.66. The molecule has 0 saturated heterocycles. The van der Waals surface area contributed by atoms with Crippen LogP contribution in [0.25, 0.3) is 0 Å². The average Bonchev–Trinajstić information content (AvgIpc) is 2.60. The van der Waals surface area contributed by atoms with Gasteiger partial charge in [0.2, 0.25) is 0 Å². The van der Waals surface area contributed by atoms with Crippen LogP contribution in [-0.2, 0) is 0 Å². The first-order chi connectivity index (χ1) is 7.04. The first-order valence-corrected chi connectivity index (χ1v) is 7.40. The molecule has 0 aliphatic heterocycles. The number of alkyl halides is 1. The first kappa shape index (κ1) is 13.2. The third-order valence-electron chi connectivity index (χ3n) is 2.08. The van der Waals surface area contributed by atoms with E-state index < -0.39 is 0 Å². The molecule has 84 valence electrons. The maximum Gasteiger partial charge on any atom is 0.261 e. The second-order valence-corrected chi connectivity index (χ2v) is 6.69. The largest absolute Gasteiger partial charge is 0.348 e. The minimum Gasteiger partial charge on any atom is -0.348 e. The minimum absolute atomic E-state index is 0.00356. The zero-order chi connectivity index (χ0) is 11.4. The van der Waals surface area contributed by atoms with Crippen LogP contribution in [0.15, 0.2) is 15.9 Å². The maximum atomic E-state index is 11.8. The number of halogens is 2. The van der Waals surface area contributed by atoms with Gasteiger partial charge in [0, 0.05) is 11.4 Å². The molecule has 1 unspecified atom stereocenters. The molecule has 1 amide bonds. The summed E-state index contributed by atoms with van der Waals surface area (Å²) >= 11 is 8.19. The van der Waals surface area contributed by atoms with Crippen LogP contribution in [0.1, 0.15) is 23.5 Å². The number of nitrogens with one attached hydrogen (secondary N) is 1. The molecule has 0 aliphatic carbocycles. The van der Waals surface area contributed by atoms with Gasteiger partial charge in [0.05, 0.1) is 8.66 Å². The summed E-state index contributed by atoms with van der Waals surface area (Å²) in [5.41, 5.74) is 0. The molecule has 1 N–H and O–H groups in total. The molecule has 1 atom stereocenters. The van der Waals surface area contributed by atoms with E-state index >= 15 is 0 Å². The van der Waals surface area contributed by atoms with E-state index in [1.165, 1.54) is 11.3 Å². The summed E-state index contributed by atoms with van der Waals surface area (Å²) in [7, 11) is 0. The molecule has 0 saturated carbocycles. The smallest absolute Gasteiger partial charge is 0.261 e. The molecule has 0 spiro atoms. The molecule has 15 heavy (non-hydrogen) atoms. The molecule has 0 bridgehead atoms. The Hall–Kier alpha value is 0.130. The van der Waals surface area contributed by atoms with Crippen LogP contribution in [-0.4, -0.2) is 17.3 Å². The molecule has 0 aliphatic rings. The lowest BCUT2D eigenvalue weighted by atomic mass is 10.1. The Morgan fingerprint density at radius 1 is 1.53 bits per heavy atom. The lowest BCUT2D eigenvalue weighted by Crippen LogP contribution is -2.39. The highest BCUT2D eigenvalue weighted by Gasteiger charge is 2.16. The molecule has 0 fully saturated rings. The summed E-state index contributed by atoms with van der Waals surface area (Å²) < 4.78 is 0.979. The van der Waals surface area contributed by atoms with Gasteiger partial charge in [-0.1, -0.05) is 29.8 Å². The van der Waals surface area contributed by atoms with Crippen LogP contribution < -0.4 is 5.32 Å². The standard InChI is InChI=1S/C10H13Br2NOS/c1-6(2)7(5-11)13-10(14)8-3-4-9(12)15-8/h3-4,6-7H,5H2,1-2H3,(H,13,14). The zero-order valence-electron chi connectivity index (χ0n) is 8.59. The lowest BCUT2D eigenvalue weighted by molar-refractivity contribution is 0.0936. The van der Waals surface area contributed by atoms with Crippen LogP contribution in [0, 0.1) is 5.92 Å². The third kappa shape index (κ3) is 3.89. The van der Waals surface area contributed by atoms with Crippen molar-refractivity contribution in [3.8, 4) is 0 Å². The van der Waals surface area contributed by atoms with Crippen LogP contribution in [0.4, 0.5) is 0 Å². The summed E-state index contributed by atoms with van der Waals surface area (Å²) in [6.45, 7) is 4.19. The minimum atomic E-state index is 0.00356. The van der Waals surface area contributed by atoms with E-state index in [9.17, 15) is 4.79 Å². The van der Waals surface area contributed by atoms with E-state index in [0.717, 1.165) is 14.0 Å². The Labute approximate surface area is 111 Å². The van der Waals surface area contributed by atoms with Gasteiger partial charge in [-0.05, 0) is 34.0 Å². The summed E-state index contributed by atoms with van der Waals surface area (Å²) in [6.07, 6.45) is 0. The van der Waals surface area contributed by atoms with Gasteiger partial charge >= 0.3 is 0 Å². The van der Waals surface area contributed by atoms with Crippen molar-refractivity contribution < 1.29 is 4.79 Å². The lowest BCUT2D eigenvalue weighted by Gasteiger charge is -2.19. The van der Waals surface area contributed by atoms with Gasteiger partial charge < -0.3 is 5.32 Å². The fraction of sp³-hybridized carbons (Fsp3) is 0.500. The molecule has 1 aromatic rings. The van der Waals surface area contributed by atoms with Crippen LogP contribution >= 0.6 is 43.2 Å². The Kier molecular flexibility index (Phi) is 5.29. The van der Waals surface area contributed by atoms with Gasteiger partial charge in [-0.3, -0.25) is 4.79 Å². The summed E-state index contributed by atoms with van der Waals surface area (Å²) in [6, 6.07) is 3.90. The van der Waals surface area contributed by atoms with E-state index in [2.05, 4.69) is 51.0 Å². The number of carbonyl (C=O) groups excluding carboxylic acids is 1. The fourth-order valence-corrected chi connectivity index (χ4v) is 3.26. The van der Waals surface area contributed by atoms with Gasteiger partial charge in [-0.2, -0.15) is 0 Å². The normalized spacial score (nSPS) is 12.9. The van der Waals surface area contributed by atoms with Crippen LogP contribution in [0.3, 0.4) is 0 Å². The van der Waals surface area contributed by atoms with Gasteiger partial charge in [0.15, 0.2) is 0 Å². The van der Waals surface area contributed by atoms with Crippen molar-refractivity contribution in [3.05, 3.63) is 20.8 Å². The van der Waals surface area contributed by atoms with Crippen molar-refractivity contribution >= 4 is 49.1 Å². The number of carbonyl (C=O) groups is 1. The molecule has 1 rings (SSSR count). The van der Waals surface area contributed by atoms with Crippen molar-refractivity contribution in [1.82, 2.24) is 5.32 Å². The molecule has 0 radical (unpaired) electrons. The Balaban J connectivity index is 2.62. The van der Waals surface area contributed by atoms with Crippen molar-refractivity contribution in [2.24, 2.45) is 5.92 Å². The van der Waals surface area contributed by atoms with Crippen molar-refractivity contribution in [2.75, 3.05) is 5.33 Å². The average molecular weight is 355 g/mol. The summed E-state index contributed by atoms with van der Waals surface area (Å²) in [5.74, 6) is 0.431. The van der Waals surface area contributed by atoms with Crippen molar-refractivity contribution in [1.29, 1.82) is 0 Å². The number of thiophene rings is 1. The zero-order valence-corrected chi connectivity index (χ0v) is 12.6. The topological polar surface area (TPSA) is 29.1 Å². The Morgan fingerprint density at radius 2 is 2.20 bits per heavy atom.